The molecule has 0 bridgehead atoms. The van der Waals surface area contributed by atoms with E-state index in [0.29, 0.717) is 0 Å². The molecule has 0 unspecified atom stereocenters. The highest BCUT2D eigenvalue weighted by Gasteiger charge is 2.20. The van der Waals surface area contributed by atoms with E-state index in [2.05, 4.69) is 60.0 Å². The number of unbranched alkanes of at least 4 members (excludes halogenated alkanes) is 4. The molecule has 42 heavy (non-hydrogen) atoms. The maximum absolute atomic E-state index is 2.73. The lowest BCUT2D eigenvalue weighted by Gasteiger charge is -2.31. The van der Waals surface area contributed by atoms with Gasteiger partial charge in [-0.05, 0) is 156 Å². The number of hydrogen-bond acceptors (Lipinski definition) is 3. The first-order valence-electron chi connectivity index (χ1n) is 18.1. The van der Waals surface area contributed by atoms with Gasteiger partial charge in [-0.15, -0.1) is 0 Å². The first-order valence-corrected chi connectivity index (χ1v) is 18.9. The van der Waals surface area contributed by atoms with Crippen LogP contribution in [0.15, 0.2) is 46.2 Å². The Labute approximate surface area is 263 Å². The Balaban J connectivity index is 0.985. The van der Waals surface area contributed by atoms with Crippen LogP contribution >= 0.6 is 11.8 Å². The molecule has 232 valence electrons. The molecule has 5 rings (SSSR count). The van der Waals surface area contributed by atoms with Gasteiger partial charge in [0, 0.05) is 9.79 Å². The summed E-state index contributed by atoms with van der Waals surface area (Å²) in [7, 11) is 0. The second-order valence-corrected chi connectivity index (χ2v) is 15.0. The smallest absolute Gasteiger partial charge is 0.0158 e. The van der Waals surface area contributed by atoms with Crippen LogP contribution in [0.4, 0.5) is 0 Å². The lowest BCUT2D eigenvalue weighted by atomic mass is 9.92. The summed E-state index contributed by atoms with van der Waals surface area (Å²) in [6, 6.07) is 14.7. The van der Waals surface area contributed by atoms with Crippen LogP contribution < -0.4 is 0 Å². The first kappa shape index (κ1) is 32.1. The zero-order valence-corrected chi connectivity index (χ0v) is 28.0. The standard InChI is InChI=1S/C39H60N2S/c1-3-11-32-19-25-40(26-20-32)23-9-5-7-13-34-15-17-38-36(29-34)31-37-30-35(16-18-39(37)42-38)14-8-6-10-24-41-27-21-33(12-4-2)22-28-41/h15-18,29-30,32-33H,3-14,19-28,31H2,1-2H3. The first-order chi connectivity index (χ1) is 20.7. The van der Waals surface area contributed by atoms with E-state index in [1.165, 1.54) is 152 Å². The predicted octanol–water partition coefficient (Wildman–Crippen LogP) is 10.2. The van der Waals surface area contributed by atoms with Crippen molar-refractivity contribution in [3.8, 4) is 0 Å². The second kappa shape index (κ2) is 17.3. The monoisotopic (exact) mass is 588 g/mol. The highest BCUT2D eigenvalue weighted by atomic mass is 32.2. The molecule has 3 aliphatic rings. The number of rotatable bonds is 16. The minimum absolute atomic E-state index is 1.00. The van der Waals surface area contributed by atoms with Crippen molar-refractivity contribution in [1.29, 1.82) is 0 Å². The summed E-state index contributed by atoms with van der Waals surface area (Å²) in [4.78, 5) is 8.41. The third-order valence-corrected chi connectivity index (χ3v) is 11.8. The molecule has 0 radical (unpaired) electrons. The molecule has 3 heterocycles. The molecular formula is C39H60N2S. The van der Waals surface area contributed by atoms with Gasteiger partial charge in [0.25, 0.3) is 0 Å². The molecule has 2 nitrogen and oxygen atoms in total. The number of hydrogen-bond donors (Lipinski definition) is 0. The summed E-state index contributed by atoms with van der Waals surface area (Å²) in [5.41, 5.74) is 6.20. The van der Waals surface area contributed by atoms with Crippen molar-refractivity contribution < 1.29 is 0 Å². The molecule has 2 aromatic rings. The Kier molecular flexibility index (Phi) is 13.2. The van der Waals surface area contributed by atoms with Crippen LogP contribution in [0.5, 0.6) is 0 Å². The Morgan fingerprint density at radius 3 is 1.48 bits per heavy atom. The lowest BCUT2D eigenvalue weighted by molar-refractivity contribution is 0.176. The van der Waals surface area contributed by atoms with Crippen molar-refractivity contribution in [2.45, 2.75) is 133 Å². The highest BCUT2D eigenvalue weighted by molar-refractivity contribution is 7.99. The average molecular weight is 589 g/mol. The summed E-state index contributed by atoms with van der Waals surface area (Å²) < 4.78 is 0. The Bertz CT molecular complexity index is 981. The minimum Gasteiger partial charge on any atom is -0.303 e. The van der Waals surface area contributed by atoms with E-state index < -0.39 is 0 Å². The van der Waals surface area contributed by atoms with Crippen molar-refractivity contribution in [2.24, 2.45) is 11.8 Å². The molecule has 0 saturated carbocycles. The Hall–Kier alpha value is -1.29. The number of nitrogens with zero attached hydrogens (tertiary/aromatic N) is 2. The van der Waals surface area contributed by atoms with Gasteiger partial charge in [0.15, 0.2) is 0 Å². The lowest BCUT2D eigenvalue weighted by Crippen LogP contribution is -2.34. The van der Waals surface area contributed by atoms with E-state index in [9.17, 15) is 0 Å². The van der Waals surface area contributed by atoms with E-state index in [1.807, 2.05) is 11.8 Å². The summed E-state index contributed by atoms with van der Waals surface area (Å²) >= 11 is 1.99. The van der Waals surface area contributed by atoms with Gasteiger partial charge in [-0.2, -0.15) is 0 Å². The molecule has 2 saturated heterocycles. The van der Waals surface area contributed by atoms with E-state index in [0.717, 1.165) is 18.3 Å². The number of likely N-dealkylation sites (tertiary alicyclic amines) is 2. The van der Waals surface area contributed by atoms with Crippen LogP contribution in [0.25, 0.3) is 0 Å². The molecular weight excluding hydrogens is 529 g/mol. The fourth-order valence-electron chi connectivity index (χ4n) is 7.87. The van der Waals surface area contributed by atoms with Crippen molar-refractivity contribution >= 4 is 11.8 Å². The second-order valence-electron chi connectivity index (χ2n) is 13.9. The van der Waals surface area contributed by atoms with E-state index >= 15 is 0 Å². The molecule has 2 fully saturated rings. The normalized spacial score (nSPS) is 18.7. The largest absolute Gasteiger partial charge is 0.303 e. The number of aryl methyl sites for hydroxylation is 2. The van der Waals surface area contributed by atoms with Gasteiger partial charge in [0.2, 0.25) is 0 Å². The number of benzene rings is 2. The third-order valence-electron chi connectivity index (χ3n) is 10.5. The van der Waals surface area contributed by atoms with Crippen molar-refractivity contribution in [2.75, 3.05) is 39.3 Å². The molecule has 0 aromatic heterocycles. The van der Waals surface area contributed by atoms with Crippen molar-refractivity contribution in [3.63, 3.8) is 0 Å². The molecule has 0 N–H and O–H groups in total. The summed E-state index contributed by atoms with van der Waals surface area (Å²) in [6.07, 6.45) is 23.1. The SMILES string of the molecule is CCCC1CCN(CCCCCc2ccc3c(c2)Cc2cc(CCCCCN4CCC(CCC)CC4)ccc2S3)CC1. The molecule has 0 aliphatic carbocycles. The predicted molar refractivity (Wildman–Crippen MR) is 183 cm³/mol. The van der Waals surface area contributed by atoms with Gasteiger partial charge in [-0.3, -0.25) is 0 Å². The van der Waals surface area contributed by atoms with Crippen LogP contribution in [0.2, 0.25) is 0 Å². The number of fused-ring (bicyclic) bond motifs is 2. The quantitative estimate of drug-likeness (QED) is 0.154. The zero-order chi connectivity index (χ0) is 29.0. The van der Waals surface area contributed by atoms with E-state index in [4.69, 9.17) is 0 Å². The van der Waals surface area contributed by atoms with E-state index in [-0.39, 0.29) is 0 Å². The molecule has 2 aromatic carbocycles. The van der Waals surface area contributed by atoms with Gasteiger partial charge >= 0.3 is 0 Å². The third kappa shape index (κ3) is 9.86. The summed E-state index contributed by atoms with van der Waals surface area (Å²) in [5.74, 6) is 2.01. The van der Waals surface area contributed by atoms with Gasteiger partial charge in [0.05, 0.1) is 0 Å². The molecule has 3 heteroatoms. The minimum atomic E-state index is 1.00. The summed E-state index contributed by atoms with van der Waals surface area (Å²) in [5, 5.41) is 0. The van der Waals surface area contributed by atoms with Crippen LogP contribution in [0, 0.1) is 11.8 Å². The van der Waals surface area contributed by atoms with E-state index in [1.54, 1.807) is 22.3 Å². The van der Waals surface area contributed by atoms with Crippen LogP contribution in [-0.4, -0.2) is 49.1 Å². The average Bonchev–Trinajstić information content (AvgIpc) is 3.01. The topological polar surface area (TPSA) is 6.48 Å². The van der Waals surface area contributed by atoms with Gasteiger partial charge in [0.1, 0.15) is 0 Å². The van der Waals surface area contributed by atoms with Gasteiger partial charge in [-0.1, -0.05) is 88.4 Å². The summed E-state index contributed by atoms with van der Waals surface area (Å²) in [6.45, 7) is 12.7. The fourth-order valence-corrected chi connectivity index (χ4v) is 8.91. The van der Waals surface area contributed by atoms with Crippen LogP contribution in [-0.2, 0) is 19.3 Å². The van der Waals surface area contributed by atoms with Crippen LogP contribution in [0.3, 0.4) is 0 Å². The Morgan fingerprint density at radius 1 is 0.595 bits per heavy atom. The number of piperidine rings is 2. The van der Waals surface area contributed by atoms with Crippen LogP contribution in [0.1, 0.15) is 126 Å². The maximum atomic E-state index is 2.73. The van der Waals surface area contributed by atoms with Crippen molar-refractivity contribution in [3.05, 3.63) is 58.7 Å². The maximum Gasteiger partial charge on any atom is 0.0158 e. The highest BCUT2D eigenvalue weighted by Crippen LogP contribution is 2.40. The Morgan fingerprint density at radius 2 is 1.05 bits per heavy atom. The molecule has 3 aliphatic heterocycles. The molecule has 0 spiro atoms. The zero-order valence-electron chi connectivity index (χ0n) is 27.2. The van der Waals surface area contributed by atoms with Crippen molar-refractivity contribution in [1.82, 2.24) is 9.80 Å². The molecule has 0 atom stereocenters. The van der Waals surface area contributed by atoms with Gasteiger partial charge in [-0.25, -0.2) is 0 Å². The fraction of sp³-hybridized carbons (Fsp3) is 0.692. The van der Waals surface area contributed by atoms with Gasteiger partial charge < -0.3 is 9.80 Å². The molecule has 0 amide bonds.